The maximum Gasteiger partial charge on any atom is 0.294 e. The van der Waals surface area contributed by atoms with Crippen LogP contribution in [-0.2, 0) is 6.54 Å². The SMILES string of the molecule is CC1(C)CC2CC(C)(CN2c2nc3ccccc3n(Cc3nnc(-c4cccs4)o3)c2=O)C1. The molecule has 8 heteroatoms. The Morgan fingerprint density at radius 1 is 1.12 bits per heavy atom. The van der Waals surface area contributed by atoms with Gasteiger partial charge in [0, 0.05) is 12.6 Å². The maximum atomic E-state index is 13.8. The number of hydrogen-bond acceptors (Lipinski definition) is 7. The molecular formula is C25H27N5O2S. The third-order valence-electron chi connectivity index (χ3n) is 7.01. The molecule has 6 rings (SSSR count). The monoisotopic (exact) mass is 461 g/mol. The fraction of sp³-hybridized carbons (Fsp3) is 0.440. The van der Waals surface area contributed by atoms with Crippen LogP contribution in [0.1, 0.15) is 45.9 Å². The highest BCUT2D eigenvalue weighted by atomic mass is 32.1. The van der Waals surface area contributed by atoms with E-state index < -0.39 is 0 Å². The van der Waals surface area contributed by atoms with Crippen LogP contribution in [0.15, 0.2) is 51.0 Å². The van der Waals surface area contributed by atoms with Crippen molar-refractivity contribution in [3.05, 3.63) is 58.0 Å². The Hall–Kier alpha value is -3.00. The van der Waals surface area contributed by atoms with Gasteiger partial charge in [0.2, 0.25) is 5.89 Å². The summed E-state index contributed by atoms with van der Waals surface area (Å²) in [5.74, 6) is 1.43. The van der Waals surface area contributed by atoms with Crippen molar-refractivity contribution in [2.75, 3.05) is 11.4 Å². The van der Waals surface area contributed by atoms with Gasteiger partial charge in [0.15, 0.2) is 5.82 Å². The van der Waals surface area contributed by atoms with Crippen molar-refractivity contribution in [2.45, 2.75) is 52.6 Å². The molecule has 1 aliphatic heterocycles. The number of nitrogens with zero attached hydrogens (tertiary/aromatic N) is 5. The first-order valence-corrected chi connectivity index (χ1v) is 12.3. The molecule has 2 fully saturated rings. The van der Waals surface area contributed by atoms with Gasteiger partial charge in [0.1, 0.15) is 6.54 Å². The second-order valence-corrected chi connectivity index (χ2v) is 11.6. The maximum absolute atomic E-state index is 13.8. The number of hydrogen-bond donors (Lipinski definition) is 0. The summed E-state index contributed by atoms with van der Waals surface area (Å²) in [4.78, 5) is 21.9. The Bertz CT molecular complexity index is 1390. The molecule has 1 saturated carbocycles. The molecule has 4 aromatic rings. The van der Waals surface area contributed by atoms with Crippen LogP contribution < -0.4 is 10.5 Å². The summed E-state index contributed by atoms with van der Waals surface area (Å²) in [6.07, 6.45) is 3.35. The van der Waals surface area contributed by atoms with Gasteiger partial charge in [0.05, 0.1) is 15.9 Å². The van der Waals surface area contributed by atoms with Crippen LogP contribution in [-0.4, -0.2) is 32.3 Å². The molecular weight excluding hydrogens is 434 g/mol. The van der Waals surface area contributed by atoms with Crippen LogP contribution in [0.4, 0.5) is 5.82 Å². The lowest BCUT2D eigenvalue weighted by Crippen LogP contribution is -2.38. The van der Waals surface area contributed by atoms with Crippen LogP contribution in [0.25, 0.3) is 21.8 Å². The molecule has 0 N–H and O–H groups in total. The summed E-state index contributed by atoms with van der Waals surface area (Å²) >= 11 is 1.55. The lowest BCUT2D eigenvalue weighted by molar-refractivity contribution is 0.136. The van der Waals surface area contributed by atoms with Crippen molar-refractivity contribution in [1.29, 1.82) is 0 Å². The van der Waals surface area contributed by atoms with E-state index in [1.54, 1.807) is 15.9 Å². The molecule has 33 heavy (non-hydrogen) atoms. The lowest BCUT2D eigenvalue weighted by atomic mass is 9.65. The van der Waals surface area contributed by atoms with Gasteiger partial charge in [-0.2, -0.15) is 0 Å². The van der Waals surface area contributed by atoms with Gasteiger partial charge in [-0.05, 0) is 53.7 Å². The molecule has 1 aliphatic carbocycles. The van der Waals surface area contributed by atoms with Crippen molar-refractivity contribution in [1.82, 2.24) is 19.7 Å². The van der Waals surface area contributed by atoms with Gasteiger partial charge in [-0.1, -0.05) is 39.0 Å². The van der Waals surface area contributed by atoms with E-state index in [1.165, 1.54) is 6.42 Å². The number of thiophene rings is 1. The van der Waals surface area contributed by atoms with Crippen LogP contribution >= 0.6 is 11.3 Å². The van der Waals surface area contributed by atoms with Crippen molar-refractivity contribution >= 4 is 28.2 Å². The zero-order valence-electron chi connectivity index (χ0n) is 19.1. The third-order valence-corrected chi connectivity index (χ3v) is 7.87. The smallest absolute Gasteiger partial charge is 0.294 e. The minimum Gasteiger partial charge on any atom is -0.418 e. The Balaban J connectivity index is 1.43. The average molecular weight is 462 g/mol. The van der Waals surface area contributed by atoms with Crippen LogP contribution in [0.3, 0.4) is 0 Å². The van der Waals surface area contributed by atoms with Crippen molar-refractivity contribution in [2.24, 2.45) is 10.8 Å². The fourth-order valence-electron chi connectivity index (χ4n) is 6.18. The molecule has 2 atom stereocenters. The normalized spacial score (nSPS) is 24.0. The molecule has 2 bridgehead atoms. The number of benzene rings is 1. The molecule has 3 aromatic heterocycles. The number of para-hydroxylation sites is 2. The summed E-state index contributed by atoms with van der Waals surface area (Å²) < 4.78 is 7.64. The quantitative estimate of drug-likeness (QED) is 0.427. The van der Waals surface area contributed by atoms with Gasteiger partial charge >= 0.3 is 0 Å². The predicted octanol–water partition coefficient (Wildman–Crippen LogP) is 4.96. The number of aromatic nitrogens is 4. The van der Waals surface area contributed by atoms with E-state index in [4.69, 9.17) is 9.40 Å². The minimum absolute atomic E-state index is 0.0986. The molecule has 0 spiro atoms. The summed E-state index contributed by atoms with van der Waals surface area (Å²) in [5, 5.41) is 10.4. The molecule has 7 nitrogen and oxygen atoms in total. The number of anilines is 1. The van der Waals surface area contributed by atoms with Gasteiger partial charge in [-0.3, -0.25) is 9.36 Å². The predicted molar refractivity (Wildman–Crippen MR) is 130 cm³/mol. The zero-order chi connectivity index (χ0) is 22.8. The lowest BCUT2D eigenvalue weighted by Gasteiger charge is -2.39. The van der Waals surface area contributed by atoms with E-state index in [-0.39, 0.29) is 22.9 Å². The number of rotatable bonds is 4. The minimum atomic E-state index is -0.0986. The molecule has 2 unspecified atom stereocenters. The summed E-state index contributed by atoms with van der Waals surface area (Å²) in [7, 11) is 0. The Morgan fingerprint density at radius 2 is 1.97 bits per heavy atom. The number of fused-ring (bicyclic) bond motifs is 3. The first kappa shape index (κ1) is 20.6. The highest BCUT2D eigenvalue weighted by Gasteiger charge is 2.50. The second-order valence-electron chi connectivity index (χ2n) is 10.6. The standard InChI is InChI=1S/C25H27N5O2S/c1-24(2)11-16-12-25(3,14-24)15-30(16)21-23(31)29(18-8-5-4-7-17(18)26-21)13-20-27-28-22(32-20)19-9-6-10-33-19/h4-10,16H,11-15H2,1-3H3. The van der Waals surface area contributed by atoms with E-state index in [9.17, 15) is 4.79 Å². The largest absolute Gasteiger partial charge is 0.418 e. The van der Waals surface area contributed by atoms with E-state index in [0.717, 1.165) is 35.3 Å². The average Bonchev–Trinajstić information content (AvgIpc) is 3.48. The summed E-state index contributed by atoms with van der Waals surface area (Å²) in [6.45, 7) is 8.12. The van der Waals surface area contributed by atoms with E-state index in [0.29, 0.717) is 23.6 Å². The molecule has 1 aromatic carbocycles. The first-order chi connectivity index (χ1) is 15.8. The summed E-state index contributed by atoms with van der Waals surface area (Å²) in [6, 6.07) is 12.0. The topological polar surface area (TPSA) is 77.1 Å². The zero-order valence-corrected chi connectivity index (χ0v) is 19.9. The van der Waals surface area contributed by atoms with Gasteiger partial charge in [0.25, 0.3) is 11.4 Å². The first-order valence-electron chi connectivity index (χ1n) is 11.4. The van der Waals surface area contributed by atoms with Crippen molar-refractivity contribution in [3.8, 4) is 10.8 Å². The second kappa shape index (κ2) is 7.25. The van der Waals surface area contributed by atoms with Crippen molar-refractivity contribution < 1.29 is 4.42 Å². The Labute approximate surface area is 196 Å². The summed E-state index contributed by atoms with van der Waals surface area (Å²) in [5.41, 5.74) is 1.95. The Kier molecular flexibility index (Phi) is 4.52. The van der Waals surface area contributed by atoms with Crippen LogP contribution in [0, 0.1) is 10.8 Å². The highest BCUT2D eigenvalue weighted by Crippen LogP contribution is 2.53. The van der Waals surface area contributed by atoms with E-state index >= 15 is 0 Å². The molecule has 4 heterocycles. The van der Waals surface area contributed by atoms with Crippen LogP contribution in [0.2, 0.25) is 0 Å². The van der Waals surface area contributed by atoms with Gasteiger partial charge in [-0.15, -0.1) is 21.5 Å². The molecule has 170 valence electrons. The molecule has 0 amide bonds. The van der Waals surface area contributed by atoms with E-state index in [2.05, 4.69) is 35.9 Å². The third kappa shape index (κ3) is 3.57. The van der Waals surface area contributed by atoms with Gasteiger partial charge < -0.3 is 9.32 Å². The highest BCUT2D eigenvalue weighted by molar-refractivity contribution is 7.13. The van der Waals surface area contributed by atoms with Gasteiger partial charge in [-0.25, -0.2) is 4.98 Å². The fourth-order valence-corrected chi connectivity index (χ4v) is 6.83. The Morgan fingerprint density at radius 3 is 2.79 bits per heavy atom. The van der Waals surface area contributed by atoms with E-state index in [1.807, 2.05) is 41.8 Å². The van der Waals surface area contributed by atoms with Crippen molar-refractivity contribution in [3.63, 3.8) is 0 Å². The van der Waals surface area contributed by atoms with Crippen LogP contribution in [0.5, 0.6) is 0 Å². The molecule has 2 aliphatic rings. The molecule has 1 saturated heterocycles. The molecule has 0 radical (unpaired) electrons.